The average molecular weight is 280 g/mol. The maximum absolute atomic E-state index is 4.09. The Bertz CT molecular complexity index is 628. The molecule has 2 aliphatic rings. The molecule has 110 valence electrons. The number of hydrogen-bond acceptors (Lipinski definition) is 2. The standard InChI is InChI=1S/C19H24N2/c1-14-12-17(13-21(5)15(14)2)16-6-8-18(9-7-16)19(10-11-19)20(3)4/h6-9,12-13H,2,10-11H2,1,3-5H3. The van der Waals surface area contributed by atoms with Crippen LogP contribution in [0.3, 0.4) is 0 Å². The van der Waals surface area contributed by atoms with Gasteiger partial charge in [0.2, 0.25) is 0 Å². The molecule has 0 bridgehead atoms. The molecule has 3 rings (SSSR count). The van der Waals surface area contributed by atoms with E-state index < -0.39 is 0 Å². The molecule has 0 N–H and O–H groups in total. The van der Waals surface area contributed by atoms with Crippen molar-refractivity contribution >= 4 is 5.57 Å². The van der Waals surface area contributed by atoms with Crippen molar-refractivity contribution in [2.75, 3.05) is 21.1 Å². The molecule has 1 fully saturated rings. The van der Waals surface area contributed by atoms with Gasteiger partial charge in [-0.2, -0.15) is 0 Å². The van der Waals surface area contributed by atoms with Crippen LogP contribution in [0.1, 0.15) is 30.9 Å². The van der Waals surface area contributed by atoms with Crippen molar-refractivity contribution in [3.05, 3.63) is 65.5 Å². The molecule has 1 saturated carbocycles. The van der Waals surface area contributed by atoms with Crippen LogP contribution in [-0.2, 0) is 5.54 Å². The van der Waals surface area contributed by atoms with Crippen molar-refractivity contribution in [2.45, 2.75) is 25.3 Å². The van der Waals surface area contributed by atoms with Gasteiger partial charge in [-0.3, -0.25) is 4.90 Å². The smallest absolute Gasteiger partial charge is 0.0456 e. The SMILES string of the molecule is C=C1C(C)=CC(c2ccc(C3(N(C)C)CC3)cc2)=CN1C. The minimum atomic E-state index is 0.288. The molecule has 1 aromatic rings. The lowest BCUT2D eigenvalue weighted by Gasteiger charge is -2.26. The van der Waals surface area contributed by atoms with Crippen molar-refractivity contribution in [1.82, 2.24) is 9.80 Å². The zero-order valence-electron chi connectivity index (χ0n) is 13.5. The van der Waals surface area contributed by atoms with Gasteiger partial charge in [0.1, 0.15) is 0 Å². The Balaban J connectivity index is 1.89. The molecular weight excluding hydrogens is 256 g/mol. The van der Waals surface area contributed by atoms with Gasteiger partial charge in [-0.05, 0) is 62.2 Å². The van der Waals surface area contributed by atoms with E-state index in [4.69, 9.17) is 0 Å². The minimum absolute atomic E-state index is 0.288. The molecule has 1 aromatic carbocycles. The van der Waals surface area contributed by atoms with Crippen LogP contribution in [0.25, 0.3) is 5.57 Å². The molecular formula is C19H24N2. The highest BCUT2D eigenvalue weighted by Gasteiger charge is 2.46. The van der Waals surface area contributed by atoms with Crippen LogP contribution in [0, 0.1) is 0 Å². The third kappa shape index (κ3) is 2.34. The van der Waals surface area contributed by atoms with Gasteiger partial charge in [0, 0.05) is 24.5 Å². The summed E-state index contributed by atoms with van der Waals surface area (Å²) >= 11 is 0. The van der Waals surface area contributed by atoms with Gasteiger partial charge in [0.05, 0.1) is 0 Å². The van der Waals surface area contributed by atoms with Gasteiger partial charge in [0.25, 0.3) is 0 Å². The summed E-state index contributed by atoms with van der Waals surface area (Å²) < 4.78 is 0. The average Bonchev–Trinajstić information content (AvgIpc) is 3.26. The fourth-order valence-electron chi connectivity index (χ4n) is 3.16. The normalized spacial score (nSPS) is 20.4. The van der Waals surface area contributed by atoms with Crippen molar-refractivity contribution < 1.29 is 0 Å². The van der Waals surface area contributed by atoms with E-state index in [1.807, 2.05) is 0 Å². The van der Waals surface area contributed by atoms with Crippen LogP contribution < -0.4 is 0 Å². The number of allylic oxidation sites excluding steroid dienone is 3. The van der Waals surface area contributed by atoms with Gasteiger partial charge in [-0.25, -0.2) is 0 Å². The third-order valence-corrected chi connectivity index (χ3v) is 4.92. The molecule has 21 heavy (non-hydrogen) atoms. The van der Waals surface area contributed by atoms with Crippen LogP contribution in [0.2, 0.25) is 0 Å². The van der Waals surface area contributed by atoms with Gasteiger partial charge in [-0.1, -0.05) is 30.8 Å². The summed E-state index contributed by atoms with van der Waals surface area (Å²) in [6.07, 6.45) is 6.91. The summed E-state index contributed by atoms with van der Waals surface area (Å²) in [5.74, 6) is 0. The molecule has 0 spiro atoms. The van der Waals surface area contributed by atoms with Crippen molar-refractivity contribution in [3.8, 4) is 0 Å². The fraction of sp³-hybridized carbons (Fsp3) is 0.368. The molecule has 1 aliphatic heterocycles. The van der Waals surface area contributed by atoms with E-state index in [1.165, 1.54) is 35.1 Å². The predicted molar refractivity (Wildman–Crippen MR) is 89.7 cm³/mol. The molecule has 0 radical (unpaired) electrons. The Morgan fingerprint density at radius 1 is 1.14 bits per heavy atom. The Morgan fingerprint density at radius 3 is 2.24 bits per heavy atom. The molecule has 0 unspecified atom stereocenters. The van der Waals surface area contributed by atoms with Gasteiger partial charge >= 0.3 is 0 Å². The summed E-state index contributed by atoms with van der Waals surface area (Å²) in [4.78, 5) is 4.45. The topological polar surface area (TPSA) is 6.48 Å². The second-order valence-electron chi connectivity index (χ2n) is 6.47. The Labute approximate surface area is 128 Å². The number of rotatable bonds is 3. The van der Waals surface area contributed by atoms with Gasteiger partial charge < -0.3 is 4.90 Å². The summed E-state index contributed by atoms with van der Waals surface area (Å²) in [6.45, 7) is 6.20. The summed E-state index contributed by atoms with van der Waals surface area (Å²) in [5, 5.41) is 0. The molecule has 1 heterocycles. The van der Waals surface area contributed by atoms with Crippen molar-refractivity contribution in [2.24, 2.45) is 0 Å². The molecule has 0 saturated heterocycles. The van der Waals surface area contributed by atoms with Crippen molar-refractivity contribution in [3.63, 3.8) is 0 Å². The quantitative estimate of drug-likeness (QED) is 0.826. The molecule has 0 atom stereocenters. The first-order valence-electron chi connectivity index (χ1n) is 7.55. The first-order chi connectivity index (χ1) is 9.94. The van der Waals surface area contributed by atoms with Crippen LogP contribution in [0.5, 0.6) is 0 Å². The Hall–Kier alpha value is -1.80. The predicted octanol–water partition coefficient (Wildman–Crippen LogP) is 3.98. The number of hydrogen-bond donors (Lipinski definition) is 0. The number of likely N-dealkylation sites (N-methyl/N-ethyl adjacent to an activating group) is 1. The fourth-order valence-corrected chi connectivity index (χ4v) is 3.16. The molecule has 2 heteroatoms. The highest BCUT2D eigenvalue weighted by molar-refractivity contribution is 5.77. The Kier molecular flexibility index (Phi) is 3.29. The first kappa shape index (κ1) is 14.2. The zero-order valence-corrected chi connectivity index (χ0v) is 13.5. The molecule has 2 nitrogen and oxygen atoms in total. The lowest BCUT2D eigenvalue weighted by atomic mass is 9.96. The van der Waals surface area contributed by atoms with E-state index >= 15 is 0 Å². The van der Waals surface area contributed by atoms with E-state index in [2.05, 4.69) is 81.0 Å². The zero-order chi connectivity index (χ0) is 15.2. The molecule has 0 amide bonds. The maximum Gasteiger partial charge on any atom is 0.0456 e. The summed E-state index contributed by atoms with van der Waals surface area (Å²) in [7, 11) is 6.41. The van der Waals surface area contributed by atoms with E-state index in [9.17, 15) is 0 Å². The van der Waals surface area contributed by atoms with Gasteiger partial charge in [0.15, 0.2) is 0 Å². The summed E-state index contributed by atoms with van der Waals surface area (Å²) in [5.41, 5.74) is 6.55. The molecule has 1 aliphatic carbocycles. The van der Waals surface area contributed by atoms with Crippen LogP contribution in [-0.4, -0.2) is 30.9 Å². The van der Waals surface area contributed by atoms with E-state index in [-0.39, 0.29) is 5.54 Å². The third-order valence-electron chi connectivity index (χ3n) is 4.92. The minimum Gasteiger partial charge on any atom is -0.351 e. The van der Waals surface area contributed by atoms with Gasteiger partial charge in [-0.15, -0.1) is 0 Å². The van der Waals surface area contributed by atoms with E-state index in [0.717, 1.165) is 5.70 Å². The van der Waals surface area contributed by atoms with Crippen molar-refractivity contribution in [1.29, 1.82) is 0 Å². The second-order valence-corrected chi connectivity index (χ2v) is 6.47. The van der Waals surface area contributed by atoms with E-state index in [0.29, 0.717) is 0 Å². The summed E-state index contributed by atoms with van der Waals surface area (Å²) in [6, 6.07) is 9.07. The number of nitrogens with zero attached hydrogens (tertiary/aromatic N) is 2. The molecule has 0 aromatic heterocycles. The lowest BCUT2D eigenvalue weighted by Crippen LogP contribution is -2.27. The first-order valence-corrected chi connectivity index (χ1v) is 7.55. The highest BCUT2D eigenvalue weighted by atomic mass is 15.2. The largest absolute Gasteiger partial charge is 0.351 e. The highest BCUT2D eigenvalue weighted by Crippen LogP contribution is 2.49. The van der Waals surface area contributed by atoms with Crippen LogP contribution >= 0.6 is 0 Å². The Morgan fingerprint density at radius 2 is 1.76 bits per heavy atom. The number of benzene rings is 1. The lowest BCUT2D eigenvalue weighted by molar-refractivity contribution is 0.276. The maximum atomic E-state index is 4.09. The van der Waals surface area contributed by atoms with E-state index in [1.54, 1.807) is 0 Å². The monoisotopic (exact) mass is 280 g/mol. The van der Waals surface area contributed by atoms with Crippen LogP contribution in [0.15, 0.2) is 54.4 Å². The second kappa shape index (κ2) is 4.88. The van der Waals surface area contributed by atoms with Crippen LogP contribution in [0.4, 0.5) is 0 Å².